The Hall–Kier alpha value is -0.390. The molecule has 0 aliphatic heterocycles. The molecule has 4 nitrogen and oxygen atoms in total. The molecule has 0 spiro atoms. The Morgan fingerprint density at radius 2 is 2.25 bits per heavy atom. The van der Waals surface area contributed by atoms with E-state index in [9.17, 15) is 0 Å². The zero-order valence-corrected chi connectivity index (χ0v) is 14.5. The summed E-state index contributed by atoms with van der Waals surface area (Å²) in [5.74, 6) is 0.909. The second-order valence-electron chi connectivity index (χ2n) is 6.01. The van der Waals surface area contributed by atoms with Crippen LogP contribution >= 0.6 is 15.9 Å². The zero-order valence-electron chi connectivity index (χ0n) is 12.9. The summed E-state index contributed by atoms with van der Waals surface area (Å²) >= 11 is 3.65. The Labute approximate surface area is 131 Å². The first-order valence-corrected chi connectivity index (χ1v) is 8.49. The molecule has 0 aromatic carbocycles. The molecule has 0 saturated heterocycles. The van der Waals surface area contributed by atoms with Gasteiger partial charge in [0, 0.05) is 12.6 Å². The maximum absolute atomic E-state index is 4.49. The second kappa shape index (κ2) is 7.57. The normalized spacial score (nSPS) is 16.9. The molecule has 20 heavy (non-hydrogen) atoms. The number of halogens is 1. The van der Waals surface area contributed by atoms with Crippen LogP contribution < -0.4 is 5.32 Å². The monoisotopic (exact) mass is 342 g/mol. The largest absolute Gasteiger partial charge is 0.314 e. The maximum Gasteiger partial charge on any atom is 0.0635 e. The lowest BCUT2D eigenvalue weighted by atomic mass is 10.1. The zero-order chi connectivity index (χ0) is 14.5. The van der Waals surface area contributed by atoms with Gasteiger partial charge in [-0.05, 0) is 68.2 Å². The Morgan fingerprint density at radius 3 is 2.85 bits per heavy atom. The molecule has 0 bridgehead atoms. The summed E-state index contributed by atoms with van der Waals surface area (Å²) in [5, 5.41) is 8.14. The van der Waals surface area contributed by atoms with E-state index in [2.05, 4.69) is 56.9 Å². The van der Waals surface area contributed by atoms with Crippen molar-refractivity contribution in [3.8, 4) is 0 Å². The predicted octanol–water partition coefficient (Wildman–Crippen LogP) is 2.53. The Bertz CT molecular complexity index is 412. The lowest BCUT2D eigenvalue weighted by molar-refractivity contribution is 0.366. The Balaban J connectivity index is 1.91. The number of nitrogens with one attached hydrogen (secondary N) is 1. The van der Waals surface area contributed by atoms with Crippen molar-refractivity contribution in [3.05, 3.63) is 16.4 Å². The van der Waals surface area contributed by atoms with Crippen LogP contribution in [0.1, 0.15) is 31.9 Å². The van der Waals surface area contributed by atoms with Crippen LogP contribution in [0.4, 0.5) is 0 Å². The molecule has 114 valence electrons. The van der Waals surface area contributed by atoms with E-state index < -0.39 is 0 Å². The van der Waals surface area contributed by atoms with Gasteiger partial charge in [-0.15, -0.1) is 0 Å². The standard InChI is InChI=1S/C15H27BrN4/c1-4-17-14(12-5-6-12)7-8-15-13(16)11-18-20(15)10-9-19(2)3/h11-12,14,17H,4-10H2,1-3H3. The molecule has 5 heteroatoms. The van der Waals surface area contributed by atoms with Crippen LogP contribution in [-0.2, 0) is 13.0 Å². The minimum Gasteiger partial charge on any atom is -0.314 e. The molecule has 2 rings (SSSR count). The van der Waals surface area contributed by atoms with Crippen molar-refractivity contribution in [3.63, 3.8) is 0 Å². The molecule has 1 unspecified atom stereocenters. The van der Waals surface area contributed by atoms with Gasteiger partial charge in [0.1, 0.15) is 0 Å². The van der Waals surface area contributed by atoms with Crippen LogP contribution in [0.25, 0.3) is 0 Å². The van der Waals surface area contributed by atoms with E-state index in [-0.39, 0.29) is 0 Å². The molecule has 1 saturated carbocycles. The van der Waals surface area contributed by atoms with E-state index in [4.69, 9.17) is 0 Å². The van der Waals surface area contributed by atoms with Gasteiger partial charge in [0.25, 0.3) is 0 Å². The van der Waals surface area contributed by atoms with Crippen LogP contribution in [0.2, 0.25) is 0 Å². The highest BCUT2D eigenvalue weighted by Crippen LogP contribution is 2.34. The van der Waals surface area contributed by atoms with Crippen LogP contribution in [-0.4, -0.2) is 47.9 Å². The SMILES string of the molecule is CCNC(CCc1c(Br)cnn1CCN(C)C)C1CC1. The van der Waals surface area contributed by atoms with Gasteiger partial charge in [0.15, 0.2) is 0 Å². The Morgan fingerprint density at radius 1 is 1.50 bits per heavy atom. The van der Waals surface area contributed by atoms with Gasteiger partial charge >= 0.3 is 0 Å². The molecule has 1 aliphatic rings. The van der Waals surface area contributed by atoms with Gasteiger partial charge in [0.2, 0.25) is 0 Å². The second-order valence-corrected chi connectivity index (χ2v) is 6.86. The number of hydrogen-bond acceptors (Lipinski definition) is 3. The molecule has 1 aromatic rings. The first kappa shape index (κ1) is 16.0. The van der Waals surface area contributed by atoms with Crippen molar-refractivity contribution in [2.75, 3.05) is 27.2 Å². The van der Waals surface area contributed by atoms with E-state index in [0.29, 0.717) is 6.04 Å². The summed E-state index contributed by atoms with van der Waals surface area (Å²) in [4.78, 5) is 2.20. The summed E-state index contributed by atoms with van der Waals surface area (Å²) in [6.07, 6.45) is 7.05. The molecular weight excluding hydrogens is 316 g/mol. The highest BCUT2D eigenvalue weighted by atomic mass is 79.9. The summed E-state index contributed by atoms with van der Waals surface area (Å²) in [6.45, 7) is 5.26. The number of aromatic nitrogens is 2. The molecule has 1 aromatic heterocycles. The van der Waals surface area contributed by atoms with Gasteiger partial charge in [-0.3, -0.25) is 4.68 Å². The van der Waals surface area contributed by atoms with Crippen molar-refractivity contribution >= 4 is 15.9 Å². The summed E-state index contributed by atoms with van der Waals surface area (Å²) in [7, 11) is 4.21. The predicted molar refractivity (Wildman–Crippen MR) is 87.0 cm³/mol. The third-order valence-corrected chi connectivity index (χ3v) is 4.67. The summed E-state index contributed by atoms with van der Waals surface area (Å²) < 4.78 is 3.31. The van der Waals surface area contributed by atoms with Crippen LogP contribution in [0.15, 0.2) is 10.7 Å². The van der Waals surface area contributed by atoms with Crippen molar-refractivity contribution < 1.29 is 0 Å². The van der Waals surface area contributed by atoms with Crippen molar-refractivity contribution in [2.45, 2.75) is 45.2 Å². The molecule has 1 aliphatic carbocycles. The van der Waals surface area contributed by atoms with Gasteiger partial charge in [-0.1, -0.05) is 6.92 Å². The molecular formula is C15H27BrN4. The molecule has 1 atom stereocenters. The quantitative estimate of drug-likeness (QED) is 0.748. The van der Waals surface area contributed by atoms with E-state index in [1.165, 1.54) is 25.0 Å². The lowest BCUT2D eigenvalue weighted by Gasteiger charge is -2.18. The van der Waals surface area contributed by atoms with Gasteiger partial charge in [-0.2, -0.15) is 5.10 Å². The fraction of sp³-hybridized carbons (Fsp3) is 0.800. The molecule has 1 heterocycles. The molecule has 1 fully saturated rings. The van der Waals surface area contributed by atoms with Gasteiger partial charge in [0.05, 0.1) is 22.9 Å². The van der Waals surface area contributed by atoms with Gasteiger partial charge in [-0.25, -0.2) is 0 Å². The van der Waals surface area contributed by atoms with E-state index in [1.807, 2.05) is 6.20 Å². The summed E-state index contributed by atoms with van der Waals surface area (Å²) in [6, 6.07) is 0.684. The highest BCUT2D eigenvalue weighted by Gasteiger charge is 2.30. The van der Waals surface area contributed by atoms with Crippen molar-refractivity contribution in [1.82, 2.24) is 20.0 Å². The summed E-state index contributed by atoms with van der Waals surface area (Å²) in [5.41, 5.74) is 1.34. The van der Waals surface area contributed by atoms with Crippen LogP contribution in [0.5, 0.6) is 0 Å². The Kier molecular flexibility index (Phi) is 6.05. The third kappa shape index (κ3) is 4.57. The lowest BCUT2D eigenvalue weighted by Crippen LogP contribution is -2.31. The minimum atomic E-state index is 0.684. The fourth-order valence-corrected chi connectivity index (χ4v) is 3.18. The topological polar surface area (TPSA) is 33.1 Å². The minimum absolute atomic E-state index is 0.684. The first-order valence-electron chi connectivity index (χ1n) is 7.70. The molecule has 0 radical (unpaired) electrons. The number of nitrogens with zero attached hydrogens (tertiary/aromatic N) is 3. The van der Waals surface area contributed by atoms with E-state index in [1.54, 1.807) is 0 Å². The maximum atomic E-state index is 4.49. The van der Waals surface area contributed by atoms with Crippen molar-refractivity contribution in [2.24, 2.45) is 5.92 Å². The van der Waals surface area contributed by atoms with E-state index >= 15 is 0 Å². The van der Waals surface area contributed by atoms with Gasteiger partial charge < -0.3 is 10.2 Å². The average molecular weight is 343 g/mol. The number of rotatable bonds is 9. The molecule has 0 amide bonds. The first-order chi connectivity index (χ1) is 9.61. The highest BCUT2D eigenvalue weighted by molar-refractivity contribution is 9.10. The van der Waals surface area contributed by atoms with Crippen LogP contribution in [0.3, 0.4) is 0 Å². The average Bonchev–Trinajstić information content (AvgIpc) is 3.18. The number of hydrogen-bond donors (Lipinski definition) is 1. The van der Waals surface area contributed by atoms with Crippen molar-refractivity contribution in [1.29, 1.82) is 0 Å². The fourth-order valence-electron chi connectivity index (χ4n) is 2.68. The smallest absolute Gasteiger partial charge is 0.0635 e. The molecule has 1 N–H and O–H groups in total. The third-order valence-electron chi connectivity index (χ3n) is 4.01. The number of likely N-dealkylation sites (N-methyl/N-ethyl adjacent to an activating group) is 1. The van der Waals surface area contributed by atoms with E-state index in [0.717, 1.165) is 36.4 Å². The van der Waals surface area contributed by atoms with Crippen LogP contribution in [0, 0.1) is 5.92 Å².